The molecule has 0 saturated heterocycles. The van der Waals surface area contributed by atoms with Gasteiger partial charge in [-0.3, -0.25) is 4.79 Å². The minimum Gasteiger partial charge on any atom is -0.472 e. The zero-order valence-electron chi connectivity index (χ0n) is 6.31. The molecule has 0 radical (unpaired) electrons. The highest BCUT2D eigenvalue weighted by Crippen LogP contribution is 1.93. The largest absolute Gasteiger partial charge is 0.472 e. The van der Waals surface area contributed by atoms with Crippen LogP contribution in [0.15, 0.2) is 0 Å². The van der Waals surface area contributed by atoms with Crippen LogP contribution in [0, 0.1) is 0 Å². The Kier molecular flexibility index (Phi) is 4.19. The van der Waals surface area contributed by atoms with Gasteiger partial charge < -0.3 is 4.74 Å². The Bertz CT molecular complexity index is 91.1. The molecule has 0 fully saturated rings. The van der Waals surface area contributed by atoms with Gasteiger partial charge in [0.1, 0.15) is 0 Å². The van der Waals surface area contributed by atoms with Crippen molar-refractivity contribution in [2.24, 2.45) is 0 Å². The van der Waals surface area contributed by atoms with Crippen molar-refractivity contribution in [1.82, 2.24) is 0 Å². The van der Waals surface area contributed by atoms with E-state index in [9.17, 15) is 4.79 Å². The Hall–Kier alpha value is -0.465. The number of carbonyl (C=O) groups is 1. The molecular weight excluding hydrogens is 115 g/mol. The van der Waals surface area contributed by atoms with Crippen molar-refractivity contribution in [1.29, 1.82) is 0 Å². The Balaban J connectivity index is 3.27. The topological polar surface area (TPSA) is 26.3 Å². The lowest BCUT2D eigenvalue weighted by atomic mass is 10.0. The van der Waals surface area contributed by atoms with Crippen molar-refractivity contribution in [2.75, 3.05) is 0 Å². The summed E-state index contributed by atoms with van der Waals surface area (Å²) in [5.41, 5.74) is 0. The molecule has 9 heavy (non-hydrogen) atoms. The zero-order chi connectivity index (χ0) is 7.28. The van der Waals surface area contributed by atoms with Crippen molar-refractivity contribution in [3.8, 4) is 0 Å². The summed E-state index contributed by atoms with van der Waals surface area (Å²) in [5, 5.41) is 0. The fourth-order valence-corrected chi connectivity index (χ4v) is 0.526. The number of hydrogen-bond donors (Lipinski definition) is 0. The van der Waals surface area contributed by atoms with Gasteiger partial charge in [0.25, 0.3) is 0 Å². The summed E-state index contributed by atoms with van der Waals surface area (Å²) in [6.07, 6.45) is 1.41. The monoisotopic (exact) mass is 128 g/mol. The van der Waals surface area contributed by atoms with E-state index in [1.165, 1.54) is 0 Å². The number of rotatable bonds is 3. The second-order valence-electron chi connectivity index (χ2n) is 2.29. The Morgan fingerprint density at radius 1 is 1.78 bits per heavy atom. The predicted octanol–water partition coefficient (Wildman–Crippen LogP) is 0.309. The van der Waals surface area contributed by atoms with Gasteiger partial charge in [-0.05, 0) is 13.3 Å². The van der Waals surface area contributed by atoms with E-state index in [2.05, 4.69) is 0 Å². The summed E-state index contributed by atoms with van der Waals surface area (Å²) < 4.78 is 4.85. The van der Waals surface area contributed by atoms with Crippen LogP contribution in [0.25, 0.3) is 0 Å². The van der Waals surface area contributed by atoms with Gasteiger partial charge >= 0.3 is 5.97 Å². The second kappa shape index (κ2) is 4.42. The van der Waals surface area contributed by atoms with E-state index in [1.54, 1.807) is 0 Å². The van der Waals surface area contributed by atoms with Crippen molar-refractivity contribution < 1.29 is 9.53 Å². The zero-order valence-corrected chi connectivity index (χ0v) is 6.31. The fraction of sp³-hybridized carbons (Fsp3) is 0.833. The van der Waals surface area contributed by atoms with Crippen LogP contribution in [-0.4, -0.2) is 19.8 Å². The van der Waals surface area contributed by atoms with Gasteiger partial charge in [0.2, 0.25) is 0 Å². The smallest absolute Gasteiger partial charge is 0.305 e. The van der Waals surface area contributed by atoms with Crippen LogP contribution in [-0.2, 0) is 9.53 Å². The minimum atomic E-state index is -0.0903. The molecule has 0 rings (SSSR count). The summed E-state index contributed by atoms with van der Waals surface area (Å²) in [5.74, 6) is -0.0903. The molecule has 3 heteroatoms. The first-order chi connectivity index (χ1) is 4.16. The van der Waals surface area contributed by atoms with E-state index < -0.39 is 0 Å². The molecule has 52 valence electrons. The predicted molar refractivity (Wildman–Crippen MR) is 39.0 cm³/mol. The molecule has 0 aromatic carbocycles. The molecule has 0 aliphatic rings. The van der Waals surface area contributed by atoms with Crippen LogP contribution in [0.5, 0.6) is 0 Å². The highest BCUT2D eigenvalue weighted by atomic mass is 16.5. The van der Waals surface area contributed by atoms with Crippen LogP contribution in [0.2, 0.25) is 0 Å². The standard InChI is InChI=1S/C6H13BO2/c1-3-4-6(8)9-5(2)7/h5H,3-4,7H2,1-2H3. The van der Waals surface area contributed by atoms with Gasteiger partial charge in [-0.25, -0.2) is 0 Å². The van der Waals surface area contributed by atoms with Gasteiger partial charge in [-0.1, -0.05) is 6.92 Å². The van der Waals surface area contributed by atoms with Crippen molar-refractivity contribution in [2.45, 2.75) is 32.7 Å². The van der Waals surface area contributed by atoms with E-state index in [0.29, 0.717) is 6.42 Å². The highest BCUT2D eigenvalue weighted by molar-refractivity contribution is 6.11. The maximum Gasteiger partial charge on any atom is 0.305 e. The lowest BCUT2D eigenvalue weighted by molar-refractivity contribution is -0.144. The summed E-state index contributed by atoms with van der Waals surface area (Å²) in [4.78, 5) is 10.6. The molecule has 0 aromatic heterocycles. The molecule has 0 aliphatic heterocycles. The molecule has 0 saturated carbocycles. The summed E-state index contributed by atoms with van der Waals surface area (Å²) >= 11 is 0. The molecule has 0 amide bonds. The minimum absolute atomic E-state index is 0.0315. The van der Waals surface area contributed by atoms with Crippen LogP contribution in [0.1, 0.15) is 26.7 Å². The first kappa shape index (κ1) is 8.53. The van der Waals surface area contributed by atoms with Crippen molar-refractivity contribution >= 4 is 13.8 Å². The first-order valence-electron chi connectivity index (χ1n) is 3.36. The van der Waals surface area contributed by atoms with Gasteiger partial charge in [-0.2, -0.15) is 0 Å². The van der Waals surface area contributed by atoms with E-state index in [4.69, 9.17) is 4.74 Å². The molecular formula is C6H13BO2. The van der Waals surface area contributed by atoms with Gasteiger partial charge in [0.15, 0.2) is 7.85 Å². The van der Waals surface area contributed by atoms with Gasteiger partial charge in [0.05, 0.1) is 6.00 Å². The molecule has 1 unspecified atom stereocenters. The molecule has 0 aromatic rings. The maximum atomic E-state index is 10.6. The average Bonchev–Trinajstić information content (AvgIpc) is 1.63. The summed E-state index contributed by atoms with van der Waals surface area (Å²) in [6.45, 7) is 3.81. The van der Waals surface area contributed by atoms with Gasteiger partial charge in [-0.15, -0.1) is 0 Å². The maximum absolute atomic E-state index is 10.6. The number of hydrogen-bond acceptors (Lipinski definition) is 2. The third-order valence-electron chi connectivity index (χ3n) is 0.821. The van der Waals surface area contributed by atoms with E-state index >= 15 is 0 Å². The molecule has 0 N–H and O–H groups in total. The van der Waals surface area contributed by atoms with E-state index in [1.807, 2.05) is 21.7 Å². The molecule has 0 aliphatic carbocycles. The molecule has 0 heterocycles. The average molecular weight is 128 g/mol. The SMILES string of the molecule is BC(C)OC(=O)CCC. The van der Waals surface area contributed by atoms with Crippen LogP contribution in [0.4, 0.5) is 0 Å². The third kappa shape index (κ3) is 5.41. The normalized spacial score (nSPS) is 12.7. The Morgan fingerprint density at radius 2 is 2.33 bits per heavy atom. The fourth-order valence-electron chi connectivity index (χ4n) is 0.526. The molecule has 0 spiro atoms. The third-order valence-corrected chi connectivity index (χ3v) is 0.821. The summed E-state index contributed by atoms with van der Waals surface area (Å²) in [6, 6.07) is 0.0315. The first-order valence-corrected chi connectivity index (χ1v) is 3.36. The summed E-state index contributed by atoms with van der Waals surface area (Å²) in [7, 11) is 1.85. The lowest BCUT2D eigenvalue weighted by Crippen LogP contribution is -2.13. The van der Waals surface area contributed by atoms with Gasteiger partial charge in [0, 0.05) is 6.42 Å². The van der Waals surface area contributed by atoms with Crippen molar-refractivity contribution in [3.63, 3.8) is 0 Å². The number of ether oxygens (including phenoxy) is 1. The molecule has 0 bridgehead atoms. The van der Waals surface area contributed by atoms with E-state index in [0.717, 1.165) is 6.42 Å². The number of esters is 1. The lowest BCUT2D eigenvalue weighted by Gasteiger charge is -2.05. The molecule has 1 atom stereocenters. The quantitative estimate of drug-likeness (QED) is 0.403. The number of carbonyl (C=O) groups excluding carboxylic acids is 1. The van der Waals surface area contributed by atoms with E-state index in [-0.39, 0.29) is 12.0 Å². The van der Waals surface area contributed by atoms with Crippen molar-refractivity contribution in [3.05, 3.63) is 0 Å². The van der Waals surface area contributed by atoms with Crippen LogP contribution >= 0.6 is 0 Å². The highest BCUT2D eigenvalue weighted by Gasteiger charge is 2.01. The van der Waals surface area contributed by atoms with Crippen LogP contribution in [0.3, 0.4) is 0 Å². The van der Waals surface area contributed by atoms with Crippen LogP contribution < -0.4 is 0 Å². The molecule has 2 nitrogen and oxygen atoms in total. The Labute approximate surface area is 57.0 Å². The second-order valence-corrected chi connectivity index (χ2v) is 2.29. The Morgan fingerprint density at radius 3 is 2.67 bits per heavy atom.